The summed E-state index contributed by atoms with van der Waals surface area (Å²) >= 11 is 6.05. The SMILES string of the molecule is CCC(Cl)Oc1cc2nnnc(Nc3cccc(OC(F)(F)F)c3)c2cc1OC. The Labute approximate surface area is 168 Å². The number of ether oxygens (including phenoxy) is 3. The summed E-state index contributed by atoms with van der Waals surface area (Å²) in [5.74, 6) is 0.675. The monoisotopic (exact) mass is 428 g/mol. The van der Waals surface area contributed by atoms with Crippen molar-refractivity contribution in [2.45, 2.75) is 25.3 Å². The van der Waals surface area contributed by atoms with Crippen molar-refractivity contribution in [3.63, 3.8) is 0 Å². The lowest BCUT2D eigenvalue weighted by Crippen LogP contribution is -2.17. The standard InChI is InChI=1S/C18H16ClF3N4O3/c1-3-16(19)28-15-9-13-12(8-14(15)27-2)17(25-26-24-13)23-10-5-4-6-11(7-10)29-18(20,21)22/h4-9,16H,3H2,1-2H3,(H,23,24,25). The van der Waals surface area contributed by atoms with Gasteiger partial charge in [-0.1, -0.05) is 24.6 Å². The molecule has 0 fully saturated rings. The van der Waals surface area contributed by atoms with Crippen LogP contribution in [0.2, 0.25) is 0 Å². The van der Waals surface area contributed by atoms with Crippen LogP contribution < -0.4 is 19.5 Å². The van der Waals surface area contributed by atoms with Crippen LogP contribution in [0.3, 0.4) is 0 Å². The van der Waals surface area contributed by atoms with Crippen molar-refractivity contribution in [1.29, 1.82) is 0 Å². The van der Waals surface area contributed by atoms with Crippen LogP contribution in [-0.2, 0) is 0 Å². The molecule has 2 aromatic carbocycles. The van der Waals surface area contributed by atoms with Crippen LogP contribution in [0, 0.1) is 0 Å². The Morgan fingerprint density at radius 3 is 2.62 bits per heavy atom. The van der Waals surface area contributed by atoms with Gasteiger partial charge in [0.05, 0.1) is 12.5 Å². The molecule has 0 radical (unpaired) electrons. The van der Waals surface area contributed by atoms with Crippen molar-refractivity contribution in [3.05, 3.63) is 36.4 Å². The maximum atomic E-state index is 12.4. The number of alkyl halides is 4. The van der Waals surface area contributed by atoms with Crippen molar-refractivity contribution >= 4 is 34.0 Å². The summed E-state index contributed by atoms with van der Waals surface area (Å²) in [5.41, 5.74) is 0.200. The van der Waals surface area contributed by atoms with E-state index in [1.165, 1.54) is 25.3 Å². The molecule has 0 saturated heterocycles. The molecule has 1 N–H and O–H groups in total. The number of aromatic nitrogens is 3. The first-order valence-electron chi connectivity index (χ1n) is 8.43. The molecule has 3 rings (SSSR count). The van der Waals surface area contributed by atoms with Gasteiger partial charge < -0.3 is 19.5 Å². The lowest BCUT2D eigenvalue weighted by molar-refractivity contribution is -0.274. The molecule has 0 aliphatic carbocycles. The van der Waals surface area contributed by atoms with Gasteiger partial charge in [-0.15, -0.1) is 23.4 Å². The fourth-order valence-electron chi connectivity index (χ4n) is 2.46. The second-order valence-electron chi connectivity index (χ2n) is 5.80. The predicted octanol–water partition coefficient (Wildman–Crippen LogP) is 5.03. The molecule has 0 aliphatic heterocycles. The minimum Gasteiger partial charge on any atom is -0.493 e. The minimum atomic E-state index is -4.79. The van der Waals surface area contributed by atoms with Crippen LogP contribution in [0.15, 0.2) is 36.4 Å². The highest BCUT2D eigenvalue weighted by Gasteiger charge is 2.31. The van der Waals surface area contributed by atoms with E-state index in [4.69, 9.17) is 21.1 Å². The maximum absolute atomic E-state index is 12.4. The Morgan fingerprint density at radius 2 is 1.93 bits per heavy atom. The molecule has 0 spiro atoms. The molecular weight excluding hydrogens is 413 g/mol. The average molecular weight is 429 g/mol. The van der Waals surface area contributed by atoms with Crippen molar-refractivity contribution < 1.29 is 27.4 Å². The molecule has 29 heavy (non-hydrogen) atoms. The number of anilines is 2. The Balaban J connectivity index is 1.95. The van der Waals surface area contributed by atoms with E-state index >= 15 is 0 Å². The predicted molar refractivity (Wildman–Crippen MR) is 101 cm³/mol. The first-order chi connectivity index (χ1) is 13.8. The molecule has 0 aliphatic rings. The van der Waals surface area contributed by atoms with E-state index in [9.17, 15) is 13.2 Å². The third-order valence-corrected chi connectivity index (χ3v) is 4.14. The van der Waals surface area contributed by atoms with Crippen LogP contribution in [-0.4, -0.2) is 34.4 Å². The van der Waals surface area contributed by atoms with E-state index in [1.54, 1.807) is 18.2 Å². The Kier molecular flexibility index (Phi) is 6.12. The summed E-state index contributed by atoms with van der Waals surface area (Å²) in [7, 11) is 1.47. The average Bonchev–Trinajstić information content (AvgIpc) is 2.66. The Hall–Kier alpha value is -3.01. The highest BCUT2D eigenvalue weighted by molar-refractivity contribution is 6.19. The zero-order valence-corrected chi connectivity index (χ0v) is 16.1. The Morgan fingerprint density at radius 1 is 1.14 bits per heavy atom. The van der Waals surface area contributed by atoms with E-state index in [0.717, 1.165) is 0 Å². The second-order valence-corrected chi connectivity index (χ2v) is 6.28. The van der Waals surface area contributed by atoms with Gasteiger partial charge in [-0.25, -0.2) is 0 Å². The van der Waals surface area contributed by atoms with Crippen LogP contribution in [0.4, 0.5) is 24.7 Å². The number of nitrogens with one attached hydrogen (secondary N) is 1. The molecule has 7 nitrogen and oxygen atoms in total. The molecule has 0 amide bonds. The van der Waals surface area contributed by atoms with E-state index in [1.807, 2.05) is 6.92 Å². The zero-order valence-electron chi connectivity index (χ0n) is 15.3. The first kappa shape index (κ1) is 20.7. The molecule has 154 valence electrons. The summed E-state index contributed by atoms with van der Waals surface area (Å²) in [4.78, 5) is 0. The number of hydrogen-bond acceptors (Lipinski definition) is 7. The van der Waals surface area contributed by atoms with Gasteiger partial charge in [-0.3, -0.25) is 0 Å². The fraction of sp³-hybridized carbons (Fsp3) is 0.278. The number of hydrogen-bond donors (Lipinski definition) is 1. The van der Waals surface area contributed by atoms with Gasteiger partial charge in [0.15, 0.2) is 22.9 Å². The van der Waals surface area contributed by atoms with Crippen molar-refractivity contribution in [3.8, 4) is 17.2 Å². The minimum absolute atomic E-state index is 0.266. The molecule has 1 atom stereocenters. The molecule has 0 bridgehead atoms. The molecule has 1 unspecified atom stereocenters. The molecule has 1 heterocycles. The van der Waals surface area contributed by atoms with Gasteiger partial charge in [0.25, 0.3) is 0 Å². The first-order valence-corrected chi connectivity index (χ1v) is 8.87. The van der Waals surface area contributed by atoms with Crippen molar-refractivity contribution in [2.24, 2.45) is 0 Å². The largest absolute Gasteiger partial charge is 0.573 e. The zero-order chi connectivity index (χ0) is 21.0. The number of halogens is 4. The van der Waals surface area contributed by atoms with E-state index in [-0.39, 0.29) is 11.6 Å². The molecule has 0 saturated carbocycles. The van der Waals surface area contributed by atoms with Crippen molar-refractivity contribution in [1.82, 2.24) is 15.4 Å². The number of fused-ring (bicyclic) bond motifs is 1. The maximum Gasteiger partial charge on any atom is 0.573 e. The normalized spacial score (nSPS) is 12.5. The van der Waals surface area contributed by atoms with E-state index < -0.39 is 11.9 Å². The molecule has 3 aromatic rings. The van der Waals surface area contributed by atoms with E-state index in [0.29, 0.717) is 34.5 Å². The number of benzene rings is 2. The lowest BCUT2D eigenvalue weighted by atomic mass is 10.2. The summed E-state index contributed by atoms with van der Waals surface area (Å²) in [6.45, 7) is 1.87. The quantitative estimate of drug-likeness (QED) is 0.529. The van der Waals surface area contributed by atoms with Crippen LogP contribution in [0.25, 0.3) is 10.9 Å². The van der Waals surface area contributed by atoms with Crippen LogP contribution in [0.1, 0.15) is 13.3 Å². The van der Waals surface area contributed by atoms with Crippen molar-refractivity contribution in [2.75, 3.05) is 12.4 Å². The van der Waals surface area contributed by atoms with Gasteiger partial charge in [0.1, 0.15) is 11.3 Å². The van der Waals surface area contributed by atoms with Gasteiger partial charge in [0, 0.05) is 17.8 Å². The summed E-state index contributed by atoms with van der Waals surface area (Å²) in [6, 6.07) is 8.59. The third kappa shape index (κ3) is 5.29. The summed E-state index contributed by atoms with van der Waals surface area (Å²) < 4.78 is 52.2. The van der Waals surface area contributed by atoms with E-state index in [2.05, 4.69) is 25.5 Å². The fourth-order valence-corrected chi connectivity index (χ4v) is 2.56. The molecule has 11 heteroatoms. The Bertz CT molecular complexity index is 1000. The molecule has 1 aromatic heterocycles. The number of nitrogens with zero attached hydrogens (tertiary/aromatic N) is 3. The van der Waals surface area contributed by atoms with Crippen LogP contribution >= 0.6 is 11.6 Å². The summed E-state index contributed by atoms with van der Waals surface area (Å²) in [6.07, 6.45) is -4.21. The van der Waals surface area contributed by atoms with Gasteiger partial charge >= 0.3 is 6.36 Å². The smallest absolute Gasteiger partial charge is 0.493 e. The summed E-state index contributed by atoms with van der Waals surface area (Å²) in [5, 5.41) is 15.0. The lowest BCUT2D eigenvalue weighted by Gasteiger charge is -2.15. The highest BCUT2D eigenvalue weighted by atomic mass is 35.5. The second kappa shape index (κ2) is 8.56. The van der Waals surface area contributed by atoms with Gasteiger partial charge in [0.2, 0.25) is 0 Å². The number of methoxy groups -OCH3 is 1. The highest BCUT2D eigenvalue weighted by Crippen LogP contribution is 2.36. The topological polar surface area (TPSA) is 78.4 Å². The third-order valence-electron chi connectivity index (χ3n) is 3.74. The van der Waals surface area contributed by atoms with Crippen LogP contribution in [0.5, 0.6) is 17.2 Å². The number of rotatable bonds is 7. The van der Waals surface area contributed by atoms with Gasteiger partial charge in [-0.2, -0.15) is 0 Å². The van der Waals surface area contributed by atoms with Gasteiger partial charge in [-0.05, 0) is 29.8 Å². The molecular formula is C18H16ClF3N4O3.